The van der Waals surface area contributed by atoms with Gasteiger partial charge in [0.15, 0.2) is 11.0 Å². The molecule has 0 saturated carbocycles. The van der Waals surface area contributed by atoms with Gasteiger partial charge >= 0.3 is 0 Å². The van der Waals surface area contributed by atoms with E-state index in [0.29, 0.717) is 6.54 Å². The first-order valence-electron chi connectivity index (χ1n) is 7.52. The topological polar surface area (TPSA) is 32.7 Å². The highest BCUT2D eigenvalue weighted by Crippen LogP contribution is 2.25. The summed E-state index contributed by atoms with van der Waals surface area (Å²) in [7, 11) is 0. The maximum absolute atomic E-state index is 12.6. The van der Waals surface area contributed by atoms with Gasteiger partial charge in [0.2, 0.25) is 0 Å². The molecule has 0 bridgehead atoms. The Morgan fingerprint density at radius 1 is 1.13 bits per heavy atom. The van der Waals surface area contributed by atoms with Crippen LogP contribution in [0, 0.1) is 0 Å². The van der Waals surface area contributed by atoms with Crippen LogP contribution in [-0.2, 0) is 0 Å². The highest BCUT2D eigenvalue weighted by atomic mass is 79.9. The molecule has 118 valence electrons. The van der Waals surface area contributed by atoms with E-state index in [1.165, 1.54) is 0 Å². The minimum atomic E-state index is 0.0994. The first kappa shape index (κ1) is 16.3. The summed E-state index contributed by atoms with van der Waals surface area (Å²) in [5.74, 6) is 1.15. The summed E-state index contributed by atoms with van der Waals surface area (Å²) >= 11 is 5.18. The van der Waals surface area contributed by atoms with Crippen molar-refractivity contribution in [2.45, 2.75) is 6.42 Å². The maximum atomic E-state index is 12.6. The van der Waals surface area contributed by atoms with Crippen LogP contribution < -0.4 is 4.90 Å². The monoisotopic (exact) mass is 388 g/mol. The van der Waals surface area contributed by atoms with E-state index in [-0.39, 0.29) is 5.78 Å². The predicted molar refractivity (Wildman–Crippen MR) is 102 cm³/mol. The first-order valence-corrected chi connectivity index (χ1v) is 9.30. The molecule has 0 fully saturated rings. The number of thioether (sulfide) groups is 1. The van der Waals surface area contributed by atoms with Crippen LogP contribution in [0.15, 0.2) is 64.1 Å². The fourth-order valence-electron chi connectivity index (χ4n) is 2.36. The number of hydrogen-bond acceptors (Lipinski definition) is 4. The Balaban J connectivity index is 1.87. The molecule has 3 nitrogen and oxygen atoms in total. The molecular formula is C18H17BrN2OS. The van der Waals surface area contributed by atoms with Gasteiger partial charge in [-0.25, -0.2) is 0 Å². The van der Waals surface area contributed by atoms with Gasteiger partial charge < -0.3 is 4.90 Å². The molecule has 0 unspecified atom stereocenters. The quantitative estimate of drug-likeness (QED) is 0.715. The Labute approximate surface area is 148 Å². The lowest BCUT2D eigenvalue weighted by atomic mass is 10.1. The minimum absolute atomic E-state index is 0.0994. The van der Waals surface area contributed by atoms with E-state index in [2.05, 4.69) is 20.9 Å². The zero-order chi connectivity index (χ0) is 16.1. The lowest BCUT2D eigenvalue weighted by Crippen LogP contribution is -2.35. The SMILES string of the molecule is O=C(CN(C1=NCCCS1)c1ccc(Br)cc1)c1ccccc1. The lowest BCUT2D eigenvalue weighted by Gasteiger charge is -2.27. The van der Waals surface area contributed by atoms with Gasteiger partial charge in [-0.05, 0) is 30.7 Å². The maximum Gasteiger partial charge on any atom is 0.182 e. The summed E-state index contributed by atoms with van der Waals surface area (Å²) in [5.41, 5.74) is 1.72. The minimum Gasteiger partial charge on any atom is -0.313 e. The van der Waals surface area contributed by atoms with E-state index in [9.17, 15) is 4.79 Å². The van der Waals surface area contributed by atoms with Crippen molar-refractivity contribution in [3.8, 4) is 0 Å². The van der Waals surface area contributed by atoms with Crippen molar-refractivity contribution in [2.24, 2.45) is 4.99 Å². The second-order valence-electron chi connectivity index (χ2n) is 5.22. The third kappa shape index (κ3) is 4.24. The van der Waals surface area contributed by atoms with E-state index >= 15 is 0 Å². The van der Waals surface area contributed by atoms with Gasteiger partial charge in [-0.2, -0.15) is 0 Å². The number of benzene rings is 2. The van der Waals surface area contributed by atoms with Gasteiger partial charge in [-0.3, -0.25) is 9.79 Å². The van der Waals surface area contributed by atoms with Crippen molar-refractivity contribution >= 4 is 44.3 Å². The number of halogens is 1. The van der Waals surface area contributed by atoms with Crippen LogP contribution in [-0.4, -0.2) is 29.8 Å². The second-order valence-corrected chi connectivity index (χ2v) is 7.20. The molecule has 0 radical (unpaired) electrons. The molecule has 2 aromatic rings. The summed E-state index contributed by atoms with van der Waals surface area (Å²) in [6.45, 7) is 1.13. The molecule has 1 aliphatic rings. The second kappa shape index (κ2) is 7.79. The molecule has 1 heterocycles. The molecule has 0 aliphatic carbocycles. The van der Waals surface area contributed by atoms with Crippen molar-refractivity contribution in [2.75, 3.05) is 23.7 Å². The Morgan fingerprint density at radius 3 is 2.52 bits per heavy atom. The number of carbonyl (C=O) groups excluding carboxylic acids is 1. The van der Waals surface area contributed by atoms with Crippen molar-refractivity contribution in [3.63, 3.8) is 0 Å². The number of carbonyl (C=O) groups is 1. The molecule has 5 heteroatoms. The number of nitrogens with zero attached hydrogens (tertiary/aromatic N) is 2. The largest absolute Gasteiger partial charge is 0.313 e. The van der Waals surface area contributed by atoms with E-state index < -0.39 is 0 Å². The van der Waals surface area contributed by atoms with E-state index in [1.807, 2.05) is 59.5 Å². The number of ketones is 1. The average molecular weight is 389 g/mol. The number of rotatable bonds is 4. The van der Waals surface area contributed by atoms with Crippen LogP contribution >= 0.6 is 27.7 Å². The van der Waals surface area contributed by atoms with Crippen molar-refractivity contribution in [1.82, 2.24) is 0 Å². The van der Waals surface area contributed by atoms with Crippen LogP contribution in [0.5, 0.6) is 0 Å². The van der Waals surface area contributed by atoms with Crippen LogP contribution in [0.3, 0.4) is 0 Å². The van der Waals surface area contributed by atoms with Gasteiger partial charge in [-0.15, -0.1) is 0 Å². The van der Waals surface area contributed by atoms with Crippen molar-refractivity contribution in [3.05, 3.63) is 64.6 Å². The molecule has 23 heavy (non-hydrogen) atoms. The number of Topliss-reactive ketones (excluding diaryl/α,β-unsaturated/α-hetero) is 1. The number of anilines is 1. The van der Waals surface area contributed by atoms with Gasteiger partial charge in [0.05, 0.1) is 6.54 Å². The summed E-state index contributed by atoms with van der Waals surface area (Å²) in [6.07, 6.45) is 1.09. The fourth-order valence-corrected chi connectivity index (χ4v) is 3.59. The highest BCUT2D eigenvalue weighted by Gasteiger charge is 2.20. The summed E-state index contributed by atoms with van der Waals surface area (Å²) in [6, 6.07) is 17.4. The standard InChI is InChI=1S/C18H17BrN2OS/c19-15-7-9-16(10-8-15)21(18-20-11-4-12-23-18)13-17(22)14-5-2-1-3-6-14/h1-3,5-10H,4,11-13H2. The molecule has 2 aromatic carbocycles. The van der Waals surface area contributed by atoms with E-state index in [0.717, 1.165) is 39.6 Å². The summed E-state index contributed by atoms with van der Waals surface area (Å²) in [5, 5.41) is 0.933. The highest BCUT2D eigenvalue weighted by molar-refractivity contribution is 9.10. The number of hydrogen-bond donors (Lipinski definition) is 0. The van der Waals surface area contributed by atoms with E-state index in [4.69, 9.17) is 0 Å². The van der Waals surface area contributed by atoms with Gasteiger partial charge in [0.25, 0.3) is 0 Å². The summed E-state index contributed by atoms with van der Waals surface area (Å²) in [4.78, 5) is 19.3. The van der Waals surface area contributed by atoms with Crippen LogP contribution in [0.4, 0.5) is 5.69 Å². The molecule has 0 atom stereocenters. The Kier molecular flexibility index (Phi) is 5.51. The third-order valence-corrected chi connectivity index (χ3v) is 5.18. The number of amidine groups is 1. The van der Waals surface area contributed by atoms with Crippen LogP contribution in [0.2, 0.25) is 0 Å². The zero-order valence-electron chi connectivity index (χ0n) is 12.6. The van der Waals surface area contributed by atoms with Crippen molar-refractivity contribution in [1.29, 1.82) is 0 Å². The molecule has 0 N–H and O–H groups in total. The van der Waals surface area contributed by atoms with Crippen LogP contribution in [0.25, 0.3) is 0 Å². The normalized spacial score (nSPS) is 14.2. The molecular weight excluding hydrogens is 372 g/mol. The van der Waals surface area contributed by atoms with Crippen molar-refractivity contribution < 1.29 is 4.79 Å². The molecule has 0 aromatic heterocycles. The molecule has 1 aliphatic heterocycles. The Hall–Kier alpha value is -1.59. The average Bonchev–Trinajstić information content (AvgIpc) is 2.62. The van der Waals surface area contributed by atoms with Crippen LogP contribution in [0.1, 0.15) is 16.8 Å². The third-order valence-electron chi connectivity index (χ3n) is 3.55. The summed E-state index contributed by atoms with van der Waals surface area (Å²) < 4.78 is 1.02. The fraction of sp³-hybridized carbons (Fsp3) is 0.222. The predicted octanol–water partition coefficient (Wildman–Crippen LogP) is 4.63. The van der Waals surface area contributed by atoms with Gasteiger partial charge in [-0.1, -0.05) is 58.0 Å². The van der Waals surface area contributed by atoms with Gasteiger partial charge in [0, 0.05) is 28.0 Å². The zero-order valence-corrected chi connectivity index (χ0v) is 15.0. The smallest absolute Gasteiger partial charge is 0.182 e. The van der Waals surface area contributed by atoms with E-state index in [1.54, 1.807) is 11.8 Å². The lowest BCUT2D eigenvalue weighted by molar-refractivity contribution is 0.100. The molecule has 3 rings (SSSR count). The number of aliphatic imine (C=N–C) groups is 1. The molecule has 0 saturated heterocycles. The molecule has 0 amide bonds. The molecule has 0 spiro atoms. The Morgan fingerprint density at radius 2 is 1.87 bits per heavy atom. The first-order chi connectivity index (χ1) is 11.2. The Bertz CT molecular complexity index is 701. The van der Waals surface area contributed by atoms with Gasteiger partial charge in [0.1, 0.15) is 0 Å².